The van der Waals surface area contributed by atoms with E-state index >= 15 is 0 Å². The van der Waals surface area contributed by atoms with E-state index < -0.39 is 0 Å². The van der Waals surface area contributed by atoms with E-state index in [0.29, 0.717) is 12.0 Å². The van der Waals surface area contributed by atoms with Gasteiger partial charge in [-0.25, -0.2) is 4.39 Å². The Hall–Kier alpha value is -2.59. The van der Waals surface area contributed by atoms with E-state index in [9.17, 15) is 9.18 Å². The Kier molecular flexibility index (Phi) is 6.08. The standard InChI is InChI=1S/C22H20FNOS/c1-26-20-13-7-16(8-14-20)21(24-19-11-9-18(23)10-12-19)15-22(25)17-5-3-2-4-6-17/h2-14,21,24H,15H2,1H3. The van der Waals surface area contributed by atoms with Crippen LogP contribution in [0.5, 0.6) is 0 Å². The van der Waals surface area contributed by atoms with Crippen LogP contribution in [0.15, 0.2) is 83.8 Å². The van der Waals surface area contributed by atoms with E-state index in [1.54, 1.807) is 23.9 Å². The normalized spacial score (nSPS) is 11.8. The Balaban J connectivity index is 1.84. The Morgan fingerprint density at radius 3 is 2.23 bits per heavy atom. The molecular weight excluding hydrogens is 345 g/mol. The molecule has 0 aromatic heterocycles. The van der Waals surface area contributed by atoms with Crippen molar-refractivity contribution in [3.05, 3.63) is 95.8 Å². The molecule has 3 aromatic carbocycles. The van der Waals surface area contributed by atoms with Gasteiger partial charge in [-0.3, -0.25) is 4.79 Å². The third kappa shape index (κ3) is 4.73. The Morgan fingerprint density at radius 2 is 1.62 bits per heavy atom. The topological polar surface area (TPSA) is 29.1 Å². The molecule has 26 heavy (non-hydrogen) atoms. The molecule has 0 heterocycles. The van der Waals surface area contributed by atoms with Gasteiger partial charge < -0.3 is 5.32 Å². The predicted molar refractivity (Wildman–Crippen MR) is 106 cm³/mol. The molecule has 0 aliphatic rings. The maximum atomic E-state index is 13.2. The second-order valence-electron chi connectivity index (χ2n) is 5.97. The monoisotopic (exact) mass is 365 g/mol. The number of carbonyl (C=O) groups is 1. The largest absolute Gasteiger partial charge is 0.378 e. The van der Waals surface area contributed by atoms with E-state index in [0.717, 1.165) is 11.3 Å². The first-order valence-electron chi connectivity index (χ1n) is 8.40. The van der Waals surface area contributed by atoms with Crippen LogP contribution < -0.4 is 5.32 Å². The highest BCUT2D eigenvalue weighted by Crippen LogP contribution is 2.26. The van der Waals surface area contributed by atoms with Gasteiger partial charge in [-0.2, -0.15) is 0 Å². The van der Waals surface area contributed by atoms with Gasteiger partial charge in [0, 0.05) is 22.6 Å². The number of carbonyl (C=O) groups excluding carboxylic acids is 1. The molecule has 3 rings (SSSR count). The van der Waals surface area contributed by atoms with Crippen molar-refractivity contribution in [3.63, 3.8) is 0 Å². The highest BCUT2D eigenvalue weighted by Gasteiger charge is 2.17. The fourth-order valence-corrected chi connectivity index (χ4v) is 3.17. The molecule has 0 radical (unpaired) electrons. The molecule has 3 aromatic rings. The van der Waals surface area contributed by atoms with Crippen molar-refractivity contribution in [3.8, 4) is 0 Å². The Morgan fingerprint density at radius 1 is 0.962 bits per heavy atom. The van der Waals surface area contributed by atoms with Gasteiger partial charge in [0.2, 0.25) is 0 Å². The van der Waals surface area contributed by atoms with Crippen LogP contribution in [-0.2, 0) is 0 Å². The minimum atomic E-state index is -0.281. The summed E-state index contributed by atoms with van der Waals surface area (Å²) in [5, 5.41) is 3.37. The summed E-state index contributed by atoms with van der Waals surface area (Å²) in [6, 6.07) is 23.4. The zero-order valence-electron chi connectivity index (χ0n) is 14.5. The molecule has 1 unspecified atom stereocenters. The predicted octanol–water partition coefficient (Wildman–Crippen LogP) is 5.97. The maximum Gasteiger partial charge on any atom is 0.165 e. The molecule has 0 aliphatic carbocycles. The van der Waals surface area contributed by atoms with Crippen LogP contribution in [0.2, 0.25) is 0 Å². The van der Waals surface area contributed by atoms with Crippen molar-refractivity contribution in [2.24, 2.45) is 0 Å². The van der Waals surface area contributed by atoms with E-state index in [1.165, 1.54) is 17.0 Å². The van der Waals surface area contributed by atoms with Crippen LogP contribution in [-0.4, -0.2) is 12.0 Å². The quantitative estimate of drug-likeness (QED) is 0.413. The fraction of sp³-hybridized carbons (Fsp3) is 0.136. The lowest BCUT2D eigenvalue weighted by atomic mass is 9.97. The molecule has 1 atom stereocenters. The number of anilines is 1. The summed E-state index contributed by atoms with van der Waals surface area (Å²) in [5.74, 6) is -0.212. The van der Waals surface area contributed by atoms with Crippen LogP contribution in [0.4, 0.5) is 10.1 Å². The van der Waals surface area contributed by atoms with Gasteiger partial charge in [0.1, 0.15) is 5.82 Å². The molecule has 0 saturated carbocycles. The lowest BCUT2D eigenvalue weighted by Gasteiger charge is -2.20. The molecule has 2 nitrogen and oxygen atoms in total. The van der Waals surface area contributed by atoms with Crippen molar-refractivity contribution in [1.29, 1.82) is 0 Å². The zero-order chi connectivity index (χ0) is 18.4. The number of hydrogen-bond acceptors (Lipinski definition) is 3. The first-order chi connectivity index (χ1) is 12.7. The highest BCUT2D eigenvalue weighted by atomic mass is 32.2. The molecule has 0 spiro atoms. The van der Waals surface area contributed by atoms with Gasteiger partial charge in [-0.05, 0) is 48.2 Å². The highest BCUT2D eigenvalue weighted by molar-refractivity contribution is 7.98. The molecular formula is C22H20FNOS. The summed E-state index contributed by atoms with van der Waals surface area (Å²) >= 11 is 1.68. The lowest BCUT2D eigenvalue weighted by molar-refractivity contribution is 0.0976. The van der Waals surface area contributed by atoms with Crippen molar-refractivity contribution in [2.75, 3.05) is 11.6 Å². The van der Waals surface area contributed by atoms with Gasteiger partial charge in [-0.15, -0.1) is 11.8 Å². The van der Waals surface area contributed by atoms with Crippen molar-refractivity contribution < 1.29 is 9.18 Å². The second-order valence-corrected chi connectivity index (χ2v) is 6.85. The first-order valence-corrected chi connectivity index (χ1v) is 9.62. The number of ketones is 1. The second kappa shape index (κ2) is 8.68. The molecule has 0 saturated heterocycles. The van der Waals surface area contributed by atoms with E-state index in [-0.39, 0.29) is 17.6 Å². The number of halogens is 1. The number of Topliss-reactive ketones (excluding diaryl/α,β-unsaturated/α-hetero) is 1. The lowest BCUT2D eigenvalue weighted by Crippen LogP contribution is -2.16. The first kappa shape index (κ1) is 18.2. The fourth-order valence-electron chi connectivity index (χ4n) is 2.76. The summed E-state index contributed by atoms with van der Waals surface area (Å²) in [5.41, 5.74) is 2.50. The SMILES string of the molecule is CSc1ccc(C(CC(=O)c2ccccc2)Nc2ccc(F)cc2)cc1. The summed E-state index contributed by atoms with van der Waals surface area (Å²) in [6.45, 7) is 0. The zero-order valence-corrected chi connectivity index (χ0v) is 15.3. The number of thioether (sulfide) groups is 1. The molecule has 4 heteroatoms. The molecule has 0 fully saturated rings. The van der Waals surface area contributed by atoms with Crippen LogP contribution in [0.3, 0.4) is 0 Å². The maximum absolute atomic E-state index is 13.2. The van der Waals surface area contributed by atoms with Crippen molar-refractivity contribution in [2.45, 2.75) is 17.4 Å². The van der Waals surface area contributed by atoms with Crippen molar-refractivity contribution in [1.82, 2.24) is 0 Å². The average molecular weight is 365 g/mol. The van der Waals surface area contributed by atoms with Gasteiger partial charge >= 0.3 is 0 Å². The van der Waals surface area contributed by atoms with E-state index in [1.807, 2.05) is 60.9 Å². The van der Waals surface area contributed by atoms with Crippen molar-refractivity contribution >= 4 is 23.2 Å². The summed E-state index contributed by atoms with van der Waals surface area (Å²) < 4.78 is 13.2. The number of hydrogen-bond donors (Lipinski definition) is 1. The van der Waals surface area contributed by atoms with E-state index in [2.05, 4.69) is 5.32 Å². The minimum Gasteiger partial charge on any atom is -0.378 e. The van der Waals surface area contributed by atoms with Gasteiger partial charge in [0.15, 0.2) is 5.78 Å². The molecule has 1 N–H and O–H groups in total. The van der Waals surface area contributed by atoms with Gasteiger partial charge in [0.25, 0.3) is 0 Å². The smallest absolute Gasteiger partial charge is 0.165 e. The van der Waals surface area contributed by atoms with E-state index in [4.69, 9.17) is 0 Å². The number of benzene rings is 3. The molecule has 0 amide bonds. The van der Waals surface area contributed by atoms with Gasteiger partial charge in [-0.1, -0.05) is 42.5 Å². The van der Waals surface area contributed by atoms with Crippen LogP contribution in [0.25, 0.3) is 0 Å². The molecule has 0 bridgehead atoms. The molecule has 0 aliphatic heterocycles. The Labute approximate surface area is 157 Å². The molecule has 132 valence electrons. The Bertz CT molecular complexity index is 848. The summed E-state index contributed by atoms with van der Waals surface area (Å²) in [7, 11) is 0. The summed E-state index contributed by atoms with van der Waals surface area (Å²) in [6.07, 6.45) is 2.35. The number of nitrogens with one attached hydrogen (secondary N) is 1. The van der Waals surface area contributed by atoms with Crippen LogP contribution in [0.1, 0.15) is 28.4 Å². The van der Waals surface area contributed by atoms with Crippen LogP contribution >= 0.6 is 11.8 Å². The summed E-state index contributed by atoms with van der Waals surface area (Å²) in [4.78, 5) is 13.9. The third-order valence-corrected chi connectivity index (χ3v) is 4.93. The average Bonchev–Trinajstić information content (AvgIpc) is 2.70. The van der Waals surface area contributed by atoms with Gasteiger partial charge in [0.05, 0.1) is 6.04 Å². The van der Waals surface area contributed by atoms with Crippen LogP contribution in [0, 0.1) is 5.82 Å². The minimum absolute atomic E-state index is 0.0687. The third-order valence-electron chi connectivity index (χ3n) is 4.19. The number of rotatable bonds is 7.